The molecule has 2 heterocycles. The van der Waals surface area contributed by atoms with Gasteiger partial charge in [0, 0.05) is 22.0 Å². The number of rotatable bonds is 3. The lowest BCUT2D eigenvalue weighted by molar-refractivity contribution is 0.572. The highest BCUT2D eigenvalue weighted by Gasteiger charge is 2.11. The normalized spacial score (nSPS) is 11.1. The van der Waals surface area contributed by atoms with Crippen LogP contribution < -0.4 is 5.32 Å². The Balaban J connectivity index is 2.07. The molecule has 0 aliphatic heterocycles. The van der Waals surface area contributed by atoms with Gasteiger partial charge >= 0.3 is 0 Å². The summed E-state index contributed by atoms with van der Waals surface area (Å²) >= 11 is 1.72. The predicted octanol–water partition coefficient (Wildman–Crippen LogP) is 3.28. The van der Waals surface area contributed by atoms with Crippen molar-refractivity contribution in [3.8, 4) is 11.5 Å². The molecule has 0 atom stereocenters. The summed E-state index contributed by atoms with van der Waals surface area (Å²) < 4.78 is 6.79. The van der Waals surface area contributed by atoms with Crippen LogP contribution in [0.4, 0.5) is 0 Å². The Kier molecular flexibility index (Phi) is 2.66. The molecule has 0 saturated carbocycles. The Morgan fingerprint density at radius 3 is 3.12 bits per heavy atom. The molecule has 17 heavy (non-hydrogen) atoms. The lowest BCUT2D eigenvalue weighted by Crippen LogP contribution is -2.04. The van der Waals surface area contributed by atoms with Crippen molar-refractivity contribution in [2.24, 2.45) is 0 Å². The van der Waals surface area contributed by atoms with E-state index in [2.05, 4.69) is 27.8 Å². The SMILES string of the molecule is CNCc1coc(-c2csc3ccccc23)n1. The van der Waals surface area contributed by atoms with Crippen LogP contribution in [0.15, 0.2) is 40.3 Å². The molecule has 0 aliphatic rings. The number of nitrogens with one attached hydrogen (secondary N) is 1. The van der Waals surface area contributed by atoms with Gasteiger partial charge in [-0.1, -0.05) is 18.2 Å². The summed E-state index contributed by atoms with van der Waals surface area (Å²) in [6.45, 7) is 0.728. The van der Waals surface area contributed by atoms with Crippen molar-refractivity contribution < 1.29 is 4.42 Å². The van der Waals surface area contributed by atoms with Crippen LogP contribution in [0.1, 0.15) is 5.69 Å². The van der Waals surface area contributed by atoms with Crippen molar-refractivity contribution in [3.63, 3.8) is 0 Å². The van der Waals surface area contributed by atoms with Gasteiger partial charge in [-0.2, -0.15) is 0 Å². The number of hydrogen-bond acceptors (Lipinski definition) is 4. The van der Waals surface area contributed by atoms with Crippen molar-refractivity contribution >= 4 is 21.4 Å². The fourth-order valence-corrected chi connectivity index (χ4v) is 2.77. The van der Waals surface area contributed by atoms with Gasteiger partial charge in [0.2, 0.25) is 5.89 Å². The van der Waals surface area contributed by atoms with Gasteiger partial charge in [-0.3, -0.25) is 0 Å². The highest BCUT2D eigenvalue weighted by atomic mass is 32.1. The van der Waals surface area contributed by atoms with Gasteiger partial charge in [0.15, 0.2) is 0 Å². The molecule has 0 saturated heterocycles. The van der Waals surface area contributed by atoms with Gasteiger partial charge in [-0.05, 0) is 13.1 Å². The van der Waals surface area contributed by atoms with Crippen molar-refractivity contribution in [2.75, 3.05) is 7.05 Å². The highest BCUT2D eigenvalue weighted by molar-refractivity contribution is 7.17. The molecule has 4 heteroatoms. The summed E-state index contributed by atoms with van der Waals surface area (Å²) in [7, 11) is 1.90. The van der Waals surface area contributed by atoms with Crippen LogP contribution in [0.2, 0.25) is 0 Å². The largest absolute Gasteiger partial charge is 0.444 e. The van der Waals surface area contributed by atoms with Crippen molar-refractivity contribution in [1.82, 2.24) is 10.3 Å². The maximum atomic E-state index is 5.53. The fourth-order valence-electron chi connectivity index (χ4n) is 1.84. The number of aromatic nitrogens is 1. The minimum atomic E-state index is 0.702. The molecule has 1 aromatic carbocycles. The van der Waals surface area contributed by atoms with Gasteiger partial charge < -0.3 is 9.73 Å². The molecular formula is C13H12N2OS. The number of hydrogen-bond donors (Lipinski definition) is 1. The molecule has 0 fully saturated rings. The van der Waals surface area contributed by atoms with E-state index < -0.39 is 0 Å². The van der Waals surface area contributed by atoms with E-state index in [0.717, 1.165) is 17.8 Å². The van der Waals surface area contributed by atoms with Gasteiger partial charge in [-0.15, -0.1) is 11.3 Å². The van der Waals surface area contributed by atoms with Crippen LogP contribution in [-0.4, -0.2) is 12.0 Å². The van der Waals surface area contributed by atoms with Gasteiger partial charge in [0.1, 0.15) is 6.26 Å². The number of fused-ring (bicyclic) bond motifs is 1. The molecule has 3 nitrogen and oxygen atoms in total. The maximum absolute atomic E-state index is 5.53. The molecule has 3 rings (SSSR count). The van der Waals surface area contributed by atoms with Crippen molar-refractivity contribution in [1.29, 1.82) is 0 Å². The lowest BCUT2D eigenvalue weighted by Gasteiger charge is -1.93. The first kappa shape index (κ1) is 10.5. The predicted molar refractivity (Wildman–Crippen MR) is 70.1 cm³/mol. The van der Waals surface area contributed by atoms with E-state index >= 15 is 0 Å². The molecule has 0 bridgehead atoms. The molecule has 0 radical (unpaired) electrons. The minimum Gasteiger partial charge on any atom is -0.444 e. The van der Waals surface area contributed by atoms with E-state index in [1.165, 1.54) is 10.1 Å². The molecular weight excluding hydrogens is 232 g/mol. The highest BCUT2D eigenvalue weighted by Crippen LogP contribution is 2.33. The molecule has 0 aliphatic carbocycles. The molecule has 2 aromatic heterocycles. The Morgan fingerprint density at radius 1 is 1.35 bits per heavy atom. The van der Waals surface area contributed by atoms with E-state index in [1.54, 1.807) is 17.6 Å². The third-order valence-corrected chi connectivity index (χ3v) is 3.58. The third-order valence-electron chi connectivity index (χ3n) is 2.62. The maximum Gasteiger partial charge on any atom is 0.227 e. The second-order valence-electron chi connectivity index (χ2n) is 3.82. The number of oxazole rings is 1. The minimum absolute atomic E-state index is 0.702. The fraction of sp³-hybridized carbons (Fsp3) is 0.154. The summed E-state index contributed by atoms with van der Waals surface area (Å²) in [6.07, 6.45) is 1.71. The first-order valence-corrected chi connectivity index (χ1v) is 6.32. The summed E-state index contributed by atoms with van der Waals surface area (Å²) in [5.41, 5.74) is 2.01. The van der Waals surface area contributed by atoms with E-state index in [0.29, 0.717) is 5.89 Å². The van der Waals surface area contributed by atoms with E-state index in [-0.39, 0.29) is 0 Å². The zero-order valence-electron chi connectivity index (χ0n) is 9.43. The zero-order chi connectivity index (χ0) is 11.7. The molecule has 0 amide bonds. The molecule has 0 unspecified atom stereocenters. The van der Waals surface area contributed by atoms with Crippen LogP contribution in [0, 0.1) is 0 Å². The number of nitrogens with zero attached hydrogens (tertiary/aromatic N) is 1. The van der Waals surface area contributed by atoms with Gasteiger partial charge in [-0.25, -0.2) is 4.98 Å². The average Bonchev–Trinajstić information content (AvgIpc) is 2.95. The van der Waals surface area contributed by atoms with Crippen LogP contribution in [0.25, 0.3) is 21.5 Å². The monoisotopic (exact) mass is 244 g/mol. The average molecular weight is 244 g/mol. The molecule has 1 N–H and O–H groups in total. The number of benzene rings is 1. The van der Waals surface area contributed by atoms with Crippen LogP contribution in [-0.2, 0) is 6.54 Å². The Hall–Kier alpha value is -1.65. The van der Waals surface area contributed by atoms with Crippen molar-refractivity contribution in [2.45, 2.75) is 6.54 Å². The lowest BCUT2D eigenvalue weighted by atomic mass is 10.2. The number of thiophene rings is 1. The Morgan fingerprint density at radius 2 is 2.24 bits per heavy atom. The van der Waals surface area contributed by atoms with Crippen LogP contribution in [0.5, 0.6) is 0 Å². The topological polar surface area (TPSA) is 38.1 Å². The van der Waals surface area contributed by atoms with Crippen LogP contribution in [0.3, 0.4) is 0 Å². The molecule has 0 spiro atoms. The first-order valence-electron chi connectivity index (χ1n) is 5.44. The van der Waals surface area contributed by atoms with E-state index in [1.807, 2.05) is 19.2 Å². The smallest absolute Gasteiger partial charge is 0.227 e. The Bertz CT molecular complexity index is 641. The standard InChI is InChI=1S/C13H12N2OS/c1-14-6-9-7-16-13(15-9)11-8-17-12-5-3-2-4-10(11)12/h2-5,7-8,14H,6H2,1H3. The zero-order valence-corrected chi connectivity index (χ0v) is 10.3. The van der Waals surface area contributed by atoms with Gasteiger partial charge in [0.05, 0.1) is 11.3 Å². The Labute approximate surface area is 103 Å². The second kappa shape index (κ2) is 4.31. The van der Waals surface area contributed by atoms with Gasteiger partial charge in [0.25, 0.3) is 0 Å². The summed E-state index contributed by atoms with van der Waals surface area (Å²) in [4.78, 5) is 4.47. The third kappa shape index (κ3) is 1.85. The van der Waals surface area contributed by atoms with Crippen LogP contribution >= 0.6 is 11.3 Å². The van der Waals surface area contributed by atoms with E-state index in [4.69, 9.17) is 4.42 Å². The second-order valence-corrected chi connectivity index (χ2v) is 4.73. The molecule has 86 valence electrons. The van der Waals surface area contributed by atoms with E-state index in [9.17, 15) is 0 Å². The summed E-state index contributed by atoms with van der Waals surface area (Å²) in [6, 6.07) is 8.30. The quantitative estimate of drug-likeness (QED) is 0.768. The first-order chi connectivity index (χ1) is 8.38. The summed E-state index contributed by atoms with van der Waals surface area (Å²) in [5.74, 6) is 0.702. The van der Waals surface area contributed by atoms with Crippen molar-refractivity contribution in [3.05, 3.63) is 41.6 Å². The molecule has 3 aromatic rings. The summed E-state index contributed by atoms with van der Waals surface area (Å²) in [5, 5.41) is 6.36.